The van der Waals surface area contributed by atoms with Crippen molar-refractivity contribution >= 4 is 29.1 Å². The number of carbonyl (C=O) groups is 1. The minimum Gasteiger partial charge on any atom is -0.307 e. The molecule has 0 saturated heterocycles. The van der Waals surface area contributed by atoms with Gasteiger partial charge in [0.05, 0.1) is 10.6 Å². The summed E-state index contributed by atoms with van der Waals surface area (Å²) in [6.07, 6.45) is 3.05. The number of aromatic nitrogens is 2. The van der Waals surface area contributed by atoms with Crippen molar-refractivity contribution in [2.24, 2.45) is 5.84 Å². The summed E-state index contributed by atoms with van der Waals surface area (Å²) in [4.78, 5) is 20.0. The van der Waals surface area contributed by atoms with Gasteiger partial charge in [-0.15, -0.1) is 0 Å². The fraction of sp³-hybridized carbons (Fsp3) is 0.0833. The Balaban J connectivity index is 2.16. The van der Waals surface area contributed by atoms with E-state index >= 15 is 0 Å². The van der Waals surface area contributed by atoms with Gasteiger partial charge in [0.25, 0.3) is 5.91 Å². The molecule has 1 amide bonds. The van der Waals surface area contributed by atoms with Gasteiger partial charge in [-0.1, -0.05) is 17.7 Å². The van der Waals surface area contributed by atoms with Crippen LogP contribution >= 0.6 is 11.6 Å². The van der Waals surface area contributed by atoms with E-state index in [0.717, 1.165) is 5.56 Å². The summed E-state index contributed by atoms with van der Waals surface area (Å²) >= 11 is 5.90. The Hall–Kier alpha value is -2.18. The normalized spacial score (nSPS) is 10.1. The van der Waals surface area contributed by atoms with Gasteiger partial charge in [0, 0.05) is 12.4 Å². The van der Waals surface area contributed by atoms with Crippen LogP contribution in [0, 0.1) is 6.92 Å². The molecule has 0 aliphatic rings. The zero-order valence-electron chi connectivity index (χ0n) is 10.1. The minimum atomic E-state index is -0.339. The Morgan fingerprint density at radius 2 is 2.11 bits per heavy atom. The van der Waals surface area contributed by atoms with E-state index in [-0.39, 0.29) is 10.9 Å². The van der Waals surface area contributed by atoms with Gasteiger partial charge < -0.3 is 10.7 Å². The van der Waals surface area contributed by atoms with Crippen molar-refractivity contribution in [2.75, 3.05) is 10.7 Å². The Labute approximate surface area is 115 Å². The fourth-order valence-electron chi connectivity index (χ4n) is 1.40. The second kappa shape index (κ2) is 5.64. The number of anilines is 2. The highest BCUT2D eigenvalue weighted by molar-refractivity contribution is 6.33. The fourth-order valence-corrected chi connectivity index (χ4v) is 1.62. The molecule has 7 heteroatoms. The number of nitrogen functional groups attached to an aromatic ring is 1. The topological polar surface area (TPSA) is 92.9 Å². The summed E-state index contributed by atoms with van der Waals surface area (Å²) in [5.41, 5.74) is 3.67. The molecule has 19 heavy (non-hydrogen) atoms. The highest BCUT2D eigenvalue weighted by atomic mass is 35.5. The van der Waals surface area contributed by atoms with Crippen LogP contribution in [0.4, 0.5) is 11.6 Å². The minimum absolute atomic E-state index is 0.270. The predicted octanol–water partition coefficient (Wildman–Crippen LogP) is 1.98. The second-order valence-electron chi connectivity index (χ2n) is 3.87. The molecule has 98 valence electrons. The van der Waals surface area contributed by atoms with Crippen LogP contribution in [0.25, 0.3) is 0 Å². The molecule has 2 aromatic heterocycles. The lowest BCUT2D eigenvalue weighted by Gasteiger charge is -2.06. The van der Waals surface area contributed by atoms with Crippen LogP contribution in [0.1, 0.15) is 15.9 Å². The van der Waals surface area contributed by atoms with E-state index in [1.54, 1.807) is 12.3 Å². The molecule has 2 aromatic rings. The Bertz CT molecular complexity index is 600. The van der Waals surface area contributed by atoms with E-state index in [4.69, 9.17) is 17.4 Å². The lowest BCUT2D eigenvalue weighted by atomic mass is 10.2. The van der Waals surface area contributed by atoms with Crippen LogP contribution in [0.5, 0.6) is 0 Å². The number of nitrogens with two attached hydrogens (primary N) is 1. The predicted molar refractivity (Wildman–Crippen MR) is 74.0 cm³/mol. The molecule has 0 aliphatic heterocycles. The average molecular weight is 278 g/mol. The zero-order valence-corrected chi connectivity index (χ0v) is 10.9. The molecule has 0 spiro atoms. The first-order valence-corrected chi connectivity index (χ1v) is 5.84. The van der Waals surface area contributed by atoms with Crippen molar-refractivity contribution in [1.82, 2.24) is 9.97 Å². The van der Waals surface area contributed by atoms with Crippen molar-refractivity contribution in [3.63, 3.8) is 0 Å². The van der Waals surface area contributed by atoms with E-state index in [1.807, 2.05) is 13.0 Å². The number of hydrogen-bond donors (Lipinski definition) is 3. The maximum atomic E-state index is 11.9. The molecule has 0 bridgehead atoms. The van der Waals surface area contributed by atoms with Crippen LogP contribution in [0.3, 0.4) is 0 Å². The van der Waals surface area contributed by atoms with E-state index in [2.05, 4.69) is 20.7 Å². The lowest BCUT2D eigenvalue weighted by Crippen LogP contribution is -2.15. The summed E-state index contributed by atoms with van der Waals surface area (Å²) in [6, 6.07) is 5.06. The summed E-state index contributed by atoms with van der Waals surface area (Å²) in [5.74, 6) is 5.65. The number of nitrogens with zero attached hydrogens (tertiary/aromatic N) is 2. The van der Waals surface area contributed by atoms with Crippen molar-refractivity contribution in [3.8, 4) is 0 Å². The van der Waals surface area contributed by atoms with Gasteiger partial charge in [0.2, 0.25) is 0 Å². The first-order chi connectivity index (χ1) is 9.10. The first kappa shape index (κ1) is 13.3. The third kappa shape index (κ3) is 3.18. The maximum absolute atomic E-state index is 11.9. The summed E-state index contributed by atoms with van der Waals surface area (Å²) in [6.45, 7) is 1.92. The van der Waals surface area contributed by atoms with E-state index in [9.17, 15) is 4.79 Å². The summed E-state index contributed by atoms with van der Waals surface area (Å²) in [7, 11) is 0. The van der Waals surface area contributed by atoms with Crippen molar-refractivity contribution in [2.45, 2.75) is 6.92 Å². The second-order valence-corrected chi connectivity index (χ2v) is 4.28. The molecular formula is C12H12ClN5O. The number of nitrogens with one attached hydrogen (secondary N) is 2. The maximum Gasteiger partial charge on any atom is 0.258 e. The molecule has 0 aliphatic carbocycles. The Morgan fingerprint density at radius 3 is 2.68 bits per heavy atom. The molecule has 0 atom stereocenters. The van der Waals surface area contributed by atoms with Crippen LogP contribution < -0.4 is 16.6 Å². The van der Waals surface area contributed by atoms with Gasteiger partial charge in [-0.25, -0.2) is 15.8 Å². The van der Waals surface area contributed by atoms with Crippen molar-refractivity contribution < 1.29 is 4.79 Å². The highest BCUT2D eigenvalue weighted by Gasteiger charge is 2.10. The van der Waals surface area contributed by atoms with Crippen LogP contribution in [-0.4, -0.2) is 15.9 Å². The van der Waals surface area contributed by atoms with Gasteiger partial charge in [-0.05, 0) is 24.6 Å². The van der Waals surface area contributed by atoms with Crippen LogP contribution in [0.2, 0.25) is 5.02 Å². The van der Waals surface area contributed by atoms with E-state index in [1.165, 1.54) is 12.3 Å². The number of rotatable bonds is 3. The highest BCUT2D eigenvalue weighted by Crippen LogP contribution is 2.19. The van der Waals surface area contributed by atoms with Gasteiger partial charge in [-0.3, -0.25) is 4.79 Å². The first-order valence-electron chi connectivity index (χ1n) is 5.46. The number of carbonyl (C=O) groups excluding carboxylic acids is 1. The van der Waals surface area contributed by atoms with Crippen LogP contribution in [-0.2, 0) is 0 Å². The van der Waals surface area contributed by atoms with Gasteiger partial charge >= 0.3 is 0 Å². The molecule has 6 nitrogen and oxygen atoms in total. The third-order valence-electron chi connectivity index (χ3n) is 2.39. The number of amides is 1. The molecule has 2 rings (SSSR count). The molecule has 0 fully saturated rings. The SMILES string of the molecule is Cc1ccc(NC(=O)c2cnc(NN)c(Cl)c2)nc1. The number of hydrogen-bond acceptors (Lipinski definition) is 5. The Kier molecular flexibility index (Phi) is 3.94. The van der Waals surface area contributed by atoms with Gasteiger partial charge in [0.1, 0.15) is 5.82 Å². The molecule has 0 saturated carbocycles. The lowest BCUT2D eigenvalue weighted by molar-refractivity contribution is 0.102. The molecule has 0 radical (unpaired) electrons. The van der Waals surface area contributed by atoms with E-state index in [0.29, 0.717) is 17.2 Å². The standard InChI is InChI=1S/C12H12ClN5O/c1-7-2-3-10(15-5-7)17-12(19)8-4-9(13)11(18-14)16-6-8/h2-6H,14H2,1H3,(H,16,18)(H,15,17,19). The third-order valence-corrected chi connectivity index (χ3v) is 2.68. The van der Waals surface area contributed by atoms with Gasteiger partial charge in [0.15, 0.2) is 5.82 Å². The largest absolute Gasteiger partial charge is 0.307 e. The smallest absolute Gasteiger partial charge is 0.258 e. The molecule has 4 N–H and O–H groups in total. The summed E-state index contributed by atoms with van der Waals surface area (Å²) in [5, 5.41) is 2.92. The number of pyridine rings is 2. The molecule has 0 aromatic carbocycles. The number of aryl methyl sites for hydroxylation is 1. The number of halogens is 1. The summed E-state index contributed by atoms with van der Waals surface area (Å²) < 4.78 is 0. The average Bonchev–Trinajstić information content (AvgIpc) is 2.41. The molecular weight excluding hydrogens is 266 g/mol. The monoisotopic (exact) mass is 277 g/mol. The zero-order chi connectivity index (χ0) is 13.8. The van der Waals surface area contributed by atoms with Crippen molar-refractivity contribution in [1.29, 1.82) is 0 Å². The number of hydrazine groups is 1. The molecule has 2 heterocycles. The molecule has 0 unspecified atom stereocenters. The van der Waals surface area contributed by atoms with Crippen molar-refractivity contribution in [3.05, 3.63) is 46.7 Å². The quantitative estimate of drug-likeness (QED) is 0.589. The van der Waals surface area contributed by atoms with Gasteiger partial charge in [-0.2, -0.15) is 0 Å². The Morgan fingerprint density at radius 1 is 1.32 bits per heavy atom. The van der Waals surface area contributed by atoms with E-state index < -0.39 is 0 Å². The van der Waals surface area contributed by atoms with Crippen LogP contribution in [0.15, 0.2) is 30.6 Å².